The third-order valence-corrected chi connectivity index (χ3v) is 8.78. The van der Waals surface area contributed by atoms with E-state index in [9.17, 15) is 18.0 Å². The molecule has 2 aliphatic rings. The predicted molar refractivity (Wildman–Crippen MR) is 131 cm³/mol. The molecule has 190 valence electrons. The van der Waals surface area contributed by atoms with Crippen LogP contribution in [0, 0.1) is 5.92 Å². The molecule has 0 bridgehead atoms. The van der Waals surface area contributed by atoms with Crippen molar-refractivity contribution in [2.45, 2.75) is 77.2 Å². The maximum atomic E-state index is 13.4. The van der Waals surface area contributed by atoms with Crippen molar-refractivity contribution in [3.63, 3.8) is 0 Å². The molecule has 1 aliphatic heterocycles. The largest absolute Gasteiger partial charge is 0.325 e. The highest BCUT2D eigenvalue weighted by molar-refractivity contribution is 7.86. The Kier molecular flexibility index (Phi) is 9.47. The number of carbonyl (C=O) groups is 2. The van der Waals surface area contributed by atoms with E-state index in [0.717, 1.165) is 4.31 Å². The van der Waals surface area contributed by atoms with Crippen molar-refractivity contribution in [1.82, 2.24) is 14.1 Å². The number of amides is 2. The van der Waals surface area contributed by atoms with Gasteiger partial charge in [0.1, 0.15) is 6.04 Å². The molecular weight excluding hydrogens is 456 g/mol. The summed E-state index contributed by atoms with van der Waals surface area (Å²) in [4.78, 5) is 24.8. The van der Waals surface area contributed by atoms with Gasteiger partial charge in [0.25, 0.3) is 16.1 Å². The van der Waals surface area contributed by atoms with Gasteiger partial charge in [-0.25, -0.2) is 5.48 Å². The zero-order chi connectivity index (χ0) is 24.7. The highest BCUT2D eigenvalue weighted by Gasteiger charge is 2.42. The molecule has 1 saturated carbocycles. The van der Waals surface area contributed by atoms with Crippen molar-refractivity contribution >= 4 is 27.7 Å². The van der Waals surface area contributed by atoms with E-state index in [0.29, 0.717) is 30.9 Å². The van der Waals surface area contributed by atoms with Crippen LogP contribution in [0.2, 0.25) is 0 Å². The summed E-state index contributed by atoms with van der Waals surface area (Å²) in [5, 5.41) is 11.8. The summed E-state index contributed by atoms with van der Waals surface area (Å²) in [6, 6.07) is 7.03. The van der Waals surface area contributed by atoms with Gasteiger partial charge in [0.2, 0.25) is 5.91 Å². The predicted octanol–water partition coefficient (Wildman–Crippen LogP) is 3.24. The van der Waals surface area contributed by atoms with Crippen molar-refractivity contribution in [2.75, 3.05) is 25.0 Å². The summed E-state index contributed by atoms with van der Waals surface area (Å²) in [5.41, 5.74) is 3.42. The fourth-order valence-corrected chi connectivity index (χ4v) is 6.60. The molecule has 1 aromatic carbocycles. The Bertz CT molecular complexity index is 929. The average molecular weight is 495 g/mol. The lowest BCUT2D eigenvalue weighted by molar-refractivity contribution is -0.129. The summed E-state index contributed by atoms with van der Waals surface area (Å²) in [5.74, 6) is -0.390. The zero-order valence-corrected chi connectivity index (χ0v) is 21.0. The van der Waals surface area contributed by atoms with Crippen LogP contribution in [0.25, 0.3) is 0 Å². The van der Waals surface area contributed by atoms with E-state index in [1.807, 2.05) is 26.0 Å². The van der Waals surface area contributed by atoms with Crippen LogP contribution < -0.4 is 10.8 Å². The minimum Gasteiger partial charge on any atom is -0.325 e. The van der Waals surface area contributed by atoms with Crippen molar-refractivity contribution in [1.29, 1.82) is 0 Å². The quantitative estimate of drug-likeness (QED) is 0.341. The molecule has 3 N–H and O–H groups in total. The lowest BCUT2D eigenvalue weighted by Gasteiger charge is -2.30. The van der Waals surface area contributed by atoms with Gasteiger partial charge < -0.3 is 5.32 Å². The van der Waals surface area contributed by atoms with Gasteiger partial charge in [-0.3, -0.25) is 14.8 Å². The molecule has 34 heavy (non-hydrogen) atoms. The molecular formula is C24H38N4O5S. The van der Waals surface area contributed by atoms with Gasteiger partial charge in [-0.15, -0.1) is 0 Å². The van der Waals surface area contributed by atoms with Gasteiger partial charge in [-0.1, -0.05) is 45.2 Å². The summed E-state index contributed by atoms with van der Waals surface area (Å²) < 4.78 is 29.0. The van der Waals surface area contributed by atoms with E-state index in [2.05, 4.69) is 17.4 Å². The van der Waals surface area contributed by atoms with E-state index in [1.165, 1.54) is 47.5 Å². The maximum absolute atomic E-state index is 13.4. The van der Waals surface area contributed by atoms with E-state index in [-0.39, 0.29) is 24.9 Å². The number of nitrogens with zero attached hydrogens (tertiary/aromatic N) is 2. The van der Waals surface area contributed by atoms with E-state index >= 15 is 0 Å². The third kappa shape index (κ3) is 6.78. The molecule has 1 aliphatic carbocycles. The second kappa shape index (κ2) is 12.1. The molecule has 1 saturated heterocycles. The van der Waals surface area contributed by atoms with Crippen molar-refractivity contribution in [2.24, 2.45) is 5.92 Å². The second-order valence-corrected chi connectivity index (χ2v) is 11.7. The molecule has 0 radical (unpaired) electrons. The van der Waals surface area contributed by atoms with Gasteiger partial charge in [0, 0.05) is 18.8 Å². The Morgan fingerprint density at radius 1 is 1.09 bits per heavy atom. The van der Waals surface area contributed by atoms with Gasteiger partial charge in [0.05, 0.1) is 6.54 Å². The summed E-state index contributed by atoms with van der Waals surface area (Å²) in [6.45, 7) is 3.75. The number of hydroxylamine groups is 1. The Morgan fingerprint density at radius 2 is 1.76 bits per heavy atom. The highest BCUT2D eigenvalue weighted by Crippen LogP contribution is 2.33. The smallest absolute Gasteiger partial charge is 0.283 e. The Hall–Kier alpha value is -2.01. The first-order valence-corrected chi connectivity index (χ1v) is 13.7. The molecule has 2 amide bonds. The molecule has 10 heteroatoms. The van der Waals surface area contributed by atoms with Crippen LogP contribution in [0.1, 0.15) is 76.7 Å². The first-order valence-electron chi connectivity index (χ1n) is 12.3. The van der Waals surface area contributed by atoms with Gasteiger partial charge >= 0.3 is 0 Å². The minimum atomic E-state index is -4.08. The standard InChI is InChI=1S/C24H38N4O5S/c1-18(2)14-16-27(17-23(29)26-31)34(32,33)28-15-6-9-22(28)24(30)25-21-12-10-20(11-13-21)19-7-4-3-5-8-19/h10-13,18-19,22,31H,3-9,14-17H2,1-2H3,(H,25,30)(H,26,29). The van der Waals surface area contributed by atoms with Gasteiger partial charge in [-0.05, 0) is 61.6 Å². The summed E-state index contributed by atoms with van der Waals surface area (Å²) >= 11 is 0. The van der Waals surface area contributed by atoms with Crippen molar-refractivity contribution in [3.05, 3.63) is 29.8 Å². The molecule has 1 heterocycles. The van der Waals surface area contributed by atoms with E-state index in [4.69, 9.17) is 5.21 Å². The normalized spacial score (nSPS) is 20.1. The van der Waals surface area contributed by atoms with E-state index in [1.54, 1.807) is 0 Å². The third-order valence-electron chi connectivity index (χ3n) is 6.78. The number of benzene rings is 1. The Labute approximate surface area is 203 Å². The highest BCUT2D eigenvalue weighted by atomic mass is 32.2. The first kappa shape index (κ1) is 26.6. The van der Waals surface area contributed by atoms with Crippen LogP contribution in [-0.2, 0) is 19.8 Å². The first-order chi connectivity index (χ1) is 16.2. The lowest BCUT2D eigenvalue weighted by atomic mass is 9.84. The Balaban J connectivity index is 1.69. The number of anilines is 1. The number of rotatable bonds is 10. The summed E-state index contributed by atoms with van der Waals surface area (Å²) in [6.07, 6.45) is 7.72. The molecule has 2 fully saturated rings. The van der Waals surface area contributed by atoms with Crippen LogP contribution in [0.4, 0.5) is 5.69 Å². The van der Waals surface area contributed by atoms with Crippen molar-refractivity contribution in [3.8, 4) is 0 Å². The molecule has 0 aromatic heterocycles. The van der Waals surface area contributed by atoms with Crippen LogP contribution in [0.3, 0.4) is 0 Å². The minimum absolute atomic E-state index is 0.126. The molecule has 1 aromatic rings. The maximum Gasteiger partial charge on any atom is 0.283 e. The zero-order valence-electron chi connectivity index (χ0n) is 20.2. The van der Waals surface area contributed by atoms with Crippen LogP contribution in [0.15, 0.2) is 24.3 Å². The van der Waals surface area contributed by atoms with Crippen LogP contribution >= 0.6 is 0 Å². The number of hydrogen-bond donors (Lipinski definition) is 3. The topological polar surface area (TPSA) is 119 Å². The number of hydrogen-bond acceptors (Lipinski definition) is 5. The van der Waals surface area contributed by atoms with Gasteiger partial charge in [-0.2, -0.15) is 17.0 Å². The number of nitrogens with one attached hydrogen (secondary N) is 2. The van der Waals surface area contributed by atoms with Gasteiger partial charge in [0.15, 0.2) is 0 Å². The fraction of sp³-hybridized carbons (Fsp3) is 0.667. The molecule has 0 spiro atoms. The van der Waals surface area contributed by atoms with Crippen LogP contribution in [0.5, 0.6) is 0 Å². The van der Waals surface area contributed by atoms with Crippen LogP contribution in [-0.4, -0.2) is 59.7 Å². The lowest BCUT2D eigenvalue weighted by Crippen LogP contribution is -2.52. The molecule has 9 nitrogen and oxygen atoms in total. The fourth-order valence-electron chi connectivity index (χ4n) is 4.80. The number of carbonyl (C=O) groups excluding carboxylic acids is 2. The second-order valence-electron chi connectivity index (χ2n) is 9.77. The monoisotopic (exact) mass is 494 g/mol. The molecule has 1 atom stereocenters. The Morgan fingerprint density at radius 3 is 2.38 bits per heavy atom. The summed E-state index contributed by atoms with van der Waals surface area (Å²) in [7, 11) is -4.08. The molecule has 1 unspecified atom stereocenters. The van der Waals surface area contributed by atoms with Crippen molar-refractivity contribution < 1.29 is 23.2 Å². The SMILES string of the molecule is CC(C)CCN(CC(=O)NO)S(=O)(=O)N1CCCC1C(=O)Nc1ccc(C2CCCCC2)cc1. The average Bonchev–Trinajstić information content (AvgIpc) is 3.33. The molecule has 3 rings (SSSR count). The van der Waals surface area contributed by atoms with E-state index < -0.39 is 28.7 Å².